The number of halogens is 2. The smallest absolute Gasteiger partial charge is 0.255 e. The molecule has 5 nitrogen and oxygen atoms in total. The van der Waals surface area contributed by atoms with Crippen LogP contribution in [-0.4, -0.2) is 32.1 Å². The Bertz CT molecular complexity index is 806. The molecule has 2 aliphatic rings. The maximum absolute atomic E-state index is 13.3. The summed E-state index contributed by atoms with van der Waals surface area (Å²) in [6, 6.07) is 3.83. The van der Waals surface area contributed by atoms with Crippen LogP contribution in [0.5, 0.6) is 0 Å². The van der Waals surface area contributed by atoms with Crippen molar-refractivity contribution in [2.45, 2.75) is 51.1 Å². The first kappa shape index (κ1) is 16.5. The highest BCUT2D eigenvalue weighted by molar-refractivity contribution is 6.33. The fourth-order valence-corrected chi connectivity index (χ4v) is 4.09. The SMILES string of the molecule is O=C(c1ccc(F)cc1Cl)N1CCCC[C@H]1c1nnc2n1CCCC2. The highest BCUT2D eigenvalue weighted by Gasteiger charge is 2.34. The van der Waals surface area contributed by atoms with Crippen molar-refractivity contribution in [1.29, 1.82) is 0 Å². The fourth-order valence-electron chi connectivity index (χ4n) is 3.84. The van der Waals surface area contributed by atoms with Crippen molar-refractivity contribution in [3.8, 4) is 0 Å². The minimum atomic E-state index is -0.441. The second kappa shape index (κ2) is 6.75. The number of likely N-dealkylation sites (tertiary alicyclic amines) is 1. The monoisotopic (exact) mass is 362 g/mol. The van der Waals surface area contributed by atoms with E-state index >= 15 is 0 Å². The van der Waals surface area contributed by atoms with Gasteiger partial charge in [-0.1, -0.05) is 11.6 Å². The van der Waals surface area contributed by atoms with Crippen LogP contribution in [0.3, 0.4) is 0 Å². The maximum Gasteiger partial charge on any atom is 0.255 e. The van der Waals surface area contributed by atoms with E-state index in [1.807, 2.05) is 4.90 Å². The average Bonchev–Trinajstić information content (AvgIpc) is 3.05. The van der Waals surface area contributed by atoms with Gasteiger partial charge in [0.05, 0.1) is 16.6 Å². The van der Waals surface area contributed by atoms with Crippen molar-refractivity contribution in [3.05, 3.63) is 46.3 Å². The summed E-state index contributed by atoms with van der Waals surface area (Å²) in [6.07, 6.45) is 6.05. The Morgan fingerprint density at radius 1 is 1.16 bits per heavy atom. The van der Waals surface area contributed by atoms with Gasteiger partial charge in [-0.25, -0.2) is 4.39 Å². The van der Waals surface area contributed by atoms with E-state index < -0.39 is 5.82 Å². The minimum Gasteiger partial charge on any atom is -0.328 e. The number of amides is 1. The van der Waals surface area contributed by atoms with Crippen LogP contribution in [0, 0.1) is 5.82 Å². The first-order valence-corrected chi connectivity index (χ1v) is 9.21. The van der Waals surface area contributed by atoms with Gasteiger partial charge < -0.3 is 9.47 Å². The number of piperidine rings is 1. The lowest BCUT2D eigenvalue weighted by molar-refractivity contribution is 0.0593. The Morgan fingerprint density at radius 3 is 2.84 bits per heavy atom. The number of hydrogen-bond acceptors (Lipinski definition) is 3. The van der Waals surface area contributed by atoms with Gasteiger partial charge in [-0.3, -0.25) is 4.79 Å². The molecule has 0 radical (unpaired) electrons. The highest BCUT2D eigenvalue weighted by atomic mass is 35.5. The van der Waals surface area contributed by atoms with Crippen molar-refractivity contribution in [2.24, 2.45) is 0 Å². The Balaban J connectivity index is 1.67. The van der Waals surface area contributed by atoms with Crippen molar-refractivity contribution in [1.82, 2.24) is 19.7 Å². The Morgan fingerprint density at radius 2 is 2.00 bits per heavy atom. The molecule has 0 bridgehead atoms. The molecular formula is C18H20ClFN4O. The zero-order valence-electron chi connectivity index (χ0n) is 13.9. The molecule has 2 aliphatic heterocycles. The molecule has 1 aromatic carbocycles. The van der Waals surface area contributed by atoms with Gasteiger partial charge in [0.1, 0.15) is 11.6 Å². The lowest BCUT2D eigenvalue weighted by atomic mass is 9.99. The Kier molecular flexibility index (Phi) is 4.46. The summed E-state index contributed by atoms with van der Waals surface area (Å²) >= 11 is 6.11. The normalized spacial score (nSPS) is 20.4. The van der Waals surface area contributed by atoms with Crippen LogP contribution in [0.4, 0.5) is 4.39 Å². The van der Waals surface area contributed by atoms with Gasteiger partial charge in [-0.15, -0.1) is 10.2 Å². The van der Waals surface area contributed by atoms with Crippen LogP contribution < -0.4 is 0 Å². The summed E-state index contributed by atoms with van der Waals surface area (Å²) < 4.78 is 15.5. The number of fused-ring (bicyclic) bond motifs is 1. The van der Waals surface area contributed by atoms with Crippen LogP contribution in [0.1, 0.15) is 60.2 Å². The number of benzene rings is 1. The summed E-state index contributed by atoms with van der Waals surface area (Å²) in [5.41, 5.74) is 0.341. The van der Waals surface area contributed by atoms with Gasteiger partial charge in [-0.05, 0) is 50.3 Å². The third kappa shape index (κ3) is 3.03. The standard InChI is InChI=1S/C18H20ClFN4O/c19-14-11-12(20)7-8-13(14)18(25)23-9-3-1-5-15(23)17-22-21-16-6-2-4-10-24(16)17/h7-8,11,15H,1-6,9-10H2/t15-/m0/s1. The van der Waals surface area contributed by atoms with Crippen molar-refractivity contribution in [3.63, 3.8) is 0 Å². The molecule has 1 saturated heterocycles. The molecule has 132 valence electrons. The van der Waals surface area contributed by atoms with Crippen molar-refractivity contribution < 1.29 is 9.18 Å². The molecule has 4 rings (SSSR count). The summed E-state index contributed by atoms with van der Waals surface area (Å²) in [5, 5.41) is 8.89. The predicted molar refractivity (Wildman–Crippen MR) is 92.0 cm³/mol. The lowest BCUT2D eigenvalue weighted by Crippen LogP contribution is -2.40. The molecular weight excluding hydrogens is 343 g/mol. The van der Waals surface area contributed by atoms with Crippen LogP contribution in [0.25, 0.3) is 0 Å². The number of nitrogens with zero attached hydrogens (tertiary/aromatic N) is 4. The second-order valence-electron chi connectivity index (χ2n) is 6.72. The molecule has 0 aliphatic carbocycles. The topological polar surface area (TPSA) is 51.0 Å². The summed E-state index contributed by atoms with van der Waals surface area (Å²) in [4.78, 5) is 14.9. The third-order valence-electron chi connectivity index (χ3n) is 5.11. The summed E-state index contributed by atoms with van der Waals surface area (Å²) in [7, 11) is 0. The van der Waals surface area contributed by atoms with Crippen LogP contribution >= 0.6 is 11.6 Å². The maximum atomic E-state index is 13.3. The van der Waals surface area contributed by atoms with E-state index in [1.54, 1.807) is 0 Å². The Labute approximate surface area is 150 Å². The number of carbonyl (C=O) groups excluding carboxylic acids is 1. The molecule has 0 spiro atoms. The summed E-state index contributed by atoms with van der Waals surface area (Å²) in [6.45, 7) is 1.56. The molecule has 1 fully saturated rings. The van der Waals surface area contributed by atoms with E-state index in [9.17, 15) is 9.18 Å². The fraction of sp³-hybridized carbons (Fsp3) is 0.500. The molecule has 25 heavy (non-hydrogen) atoms. The highest BCUT2D eigenvalue weighted by Crippen LogP contribution is 2.33. The molecule has 0 unspecified atom stereocenters. The van der Waals surface area contributed by atoms with Gasteiger partial charge >= 0.3 is 0 Å². The molecule has 3 heterocycles. The second-order valence-corrected chi connectivity index (χ2v) is 7.12. The zero-order valence-corrected chi connectivity index (χ0v) is 14.7. The number of aromatic nitrogens is 3. The van der Waals surface area contributed by atoms with Crippen molar-refractivity contribution >= 4 is 17.5 Å². The van der Waals surface area contributed by atoms with Crippen molar-refractivity contribution in [2.75, 3.05) is 6.54 Å². The molecule has 1 amide bonds. The van der Waals surface area contributed by atoms with Gasteiger partial charge in [-0.2, -0.15) is 0 Å². The molecule has 7 heteroatoms. The van der Waals surface area contributed by atoms with Crippen LogP contribution in [0.2, 0.25) is 5.02 Å². The van der Waals surface area contributed by atoms with E-state index in [2.05, 4.69) is 14.8 Å². The van der Waals surface area contributed by atoms with Gasteiger partial charge in [0, 0.05) is 19.5 Å². The third-order valence-corrected chi connectivity index (χ3v) is 5.42. The molecule has 1 atom stereocenters. The molecule has 2 aromatic rings. The minimum absolute atomic E-state index is 0.0956. The number of hydrogen-bond donors (Lipinski definition) is 0. The zero-order chi connectivity index (χ0) is 17.4. The van der Waals surface area contributed by atoms with Crippen LogP contribution in [-0.2, 0) is 13.0 Å². The van der Waals surface area contributed by atoms with E-state index in [-0.39, 0.29) is 17.0 Å². The van der Waals surface area contributed by atoms with E-state index in [4.69, 9.17) is 11.6 Å². The van der Waals surface area contributed by atoms with Gasteiger partial charge in [0.15, 0.2) is 5.82 Å². The molecule has 1 aromatic heterocycles. The number of rotatable bonds is 2. The van der Waals surface area contributed by atoms with Gasteiger partial charge in [0.25, 0.3) is 5.91 Å². The molecule has 0 N–H and O–H groups in total. The van der Waals surface area contributed by atoms with E-state index in [0.29, 0.717) is 12.1 Å². The Hall–Kier alpha value is -1.95. The van der Waals surface area contributed by atoms with Crippen LogP contribution in [0.15, 0.2) is 18.2 Å². The predicted octanol–water partition coefficient (Wildman–Crippen LogP) is 3.77. The lowest BCUT2D eigenvalue weighted by Gasteiger charge is -2.35. The summed E-state index contributed by atoms with van der Waals surface area (Å²) in [5.74, 6) is 1.28. The van der Waals surface area contributed by atoms with E-state index in [0.717, 1.165) is 56.7 Å². The largest absolute Gasteiger partial charge is 0.328 e. The van der Waals surface area contributed by atoms with E-state index in [1.165, 1.54) is 18.2 Å². The van der Waals surface area contributed by atoms with Gasteiger partial charge in [0.2, 0.25) is 0 Å². The number of carbonyl (C=O) groups is 1. The molecule has 0 saturated carbocycles. The quantitative estimate of drug-likeness (QED) is 0.817. The first-order valence-electron chi connectivity index (χ1n) is 8.83. The first-order chi connectivity index (χ1) is 12.1. The number of aryl methyl sites for hydroxylation is 1. The average molecular weight is 363 g/mol.